The van der Waals surface area contributed by atoms with Crippen molar-refractivity contribution < 1.29 is 4.79 Å². The van der Waals surface area contributed by atoms with Crippen LogP contribution >= 0.6 is 15.9 Å². The number of carbonyl (C=O) groups is 1. The van der Waals surface area contributed by atoms with E-state index in [1.807, 2.05) is 31.3 Å². The Kier molecular flexibility index (Phi) is 4.03. The molecule has 0 aliphatic carbocycles. The van der Waals surface area contributed by atoms with Crippen molar-refractivity contribution in [2.24, 2.45) is 0 Å². The van der Waals surface area contributed by atoms with Gasteiger partial charge in [0.2, 0.25) is 0 Å². The van der Waals surface area contributed by atoms with Gasteiger partial charge in [-0.2, -0.15) is 0 Å². The fraction of sp³-hybridized carbons (Fsp3) is 0.167. The summed E-state index contributed by atoms with van der Waals surface area (Å²) in [5, 5.41) is 0. The van der Waals surface area contributed by atoms with E-state index in [9.17, 15) is 4.79 Å². The molecule has 0 radical (unpaired) electrons. The molecule has 0 unspecified atom stereocenters. The number of rotatable bonds is 2. The number of urea groups is 1. The highest BCUT2D eigenvalue weighted by atomic mass is 79.9. The number of aryl methyl sites for hydroxylation is 1. The van der Waals surface area contributed by atoms with Gasteiger partial charge in [0.15, 0.2) is 0 Å². The van der Waals surface area contributed by atoms with Crippen molar-refractivity contribution >= 4 is 33.3 Å². The Balaban J connectivity index is 2.07. The van der Waals surface area contributed by atoms with Gasteiger partial charge < -0.3 is 4.90 Å². The average Bonchev–Trinajstić information content (AvgIpc) is 2.52. The summed E-state index contributed by atoms with van der Waals surface area (Å²) in [7, 11) is 1.82. The molecule has 3 nitrogen and oxygen atoms in total. The molecule has 1 aliphatic rings. The summed E-state index contributed by atoms with van der Waals surface area (Å²) in [5.41, 5.74) is 4.06. The van der Waals surface area contributed by atoms with Crippen molar-refractivity contribution in [3.63, 3.8) is 0 Å². The minimum Gasteiger partial charge on any atom is -0.323 e. The van der Waals surface area contributed by atoms with Crippen LogP contribution in [0.1, 0.15) is 11.1 Å². The standard InChI is InChI=1S/C18H17BrN2O/c1-13-3-5-14(6-4-13)17-11-12-20(2)18(22)21(17)16-9-7-15(19)8-10-16/h3-11H,12H2,1-2H3. The molecular weight excluding hydrogens is 340 g/mol. The zero-order chi connectivity index (χ0) is 15.7. The summed E-state index contributed by atoms with van der Waals surface area (Å²) in [6, 6.07) is 16.0. The quantitative estimate of drug-likeness (QED) is 0.766. The maximum absolute atomic E-state index is 12.7. The Morgan fingerprint density at radius 2 is 1.64 bits per heavy atom. The Bertz CT molecular complexity index is 720. The maximum atomic E-state index is 12.7. The molecule has 3 rings (SSSR count). The second-order valence-corrected chi connectivity index (χ2v) is 6.35. The molecule has 2 amide bonds. The molecule has 0 saturated heterocycles. The lowest BCUT2D eigenvalue weighted by atomic mass is 10.1. The van der Waals surface area contributed by atoms with E-state index in [1.54, 1.807) is 9.80 Å². The molecule has 112 valence electrons. The van der Waals surface area contributed by atoms with Crippen molar-refractivity contribution in [2.75, 3.05) is 18.5 Å². The van der Waals surface area contributed by atoms with Crippen LogP contribution in [0.3, 0.4) is 0 Å². The Morgan fingerprint density at radius 3 is 2.27 bits per heavy atom. The molecule has 0 N–H and O–H groups in total. The summed E-state index contributed by atoms with van der Waals surface area (Å²) in [6.45, 7) is 2.68. The number of likely N-dealkylation sites (N-methyl/N-ethyl adjacent to an activating group) is 1. The number of amides is 2. The minimum atomic E-state index is -0.0135. The van der Waals surface area contributed by atoms with Gasteiger partial charge in [-0.25, -0.2) is 4.79 Å². The molecule has 0 fully saturated rings. The van der Waals surface area contributed by atoms with Gasteiger partial charge >= 0.3 is 6.03 Å². The van der Waals surface area contributed by atoms with Crippen LogP contribution in [-0.4, -0.2) is 24.5 Å². The van der Waals surface area contributed by atoms with Gasteiger partial charge in [0, 0.05) is 18.1 Å². The Labute approximate surface area is 139 Å². The van der Waals surface area contributed by atoms with Crippen LogP contribution in [0.4, 0.5) is 10.5 Å². The van der Waals surface area contributed by atoms with Gasteiger partial charge in [-0.1, -0.05) is 45.8 Å². The molecule has 1 heterocycles. The third kappa shape index (κ3) is 2.79. The zero-order valence-electron chi connectivity index (χ0n) is 12.6. The first kappa shape index (κ1) is 14.9. The fourth-order valence-corrected chi connectivity index (χ4v) is 2.74. The van der Waals surface area contributed by atoms with Crippen molar-refractivity contribution in [3.05, 3.63) is 70.2 Å². The first-order valence-corrected chi connectivity index (χ1v) is 7.93. The molecule has 0 spiro atoms. The normalized spacial score (nSPS) is 15.0. The van der Waals surface area contributed by atoms with Crippen LogP contribution in [0.15, 0.2) is 59.1 Å². The molecule has 0 bridgehead atoms. The lowest BCUT2D eigenvalue weighted by molar-refractivity contribution is 0.221. The molecule has 1 aliphatic heterocycles. The van der Waals surface area contributed by atoms with Crippen molar-refractivity contribution in [1.82, 2.24) is 4.90 Å². The topological polar surface area (TPSA) is 23.6 Å². The molecule has 0 saturated carbocycles. The van der Waals surface area contributed by atoms with Crippen LogP contribution in [0.25, 0.3) is 5.70 Å². The van der Waals surface area contributed by atoms with Gasteiger partial charge in [0.05, 0.1) is 11.4 Å². The van der Waals surface area contributed by atoms with Gasteiger partial charge in [0.1, 0.15) is 0 Å². The Hall–Kier alpha value is -2.07. The average molecular weight is 357 g/mol. The van der Waals surface area contributed by atoms with E-state index in [-0.39, 0.29) is 6.03 Å². The van der Waals surface area contributed by atoms with Gasteiger partial charge in [-0.05, 0) is 42.8 Å². The van der Waals surface area contributed by atoms with Crippen LogP contribution in [0, 0.1) is 6.92 Å². The zero-order valence-corrected chi connectivity index (χ0v) is 14.2. The molecule has 2 aromatic carbocycles. The van der Waals surface area contributed by atoms with Gasteiger partial charge in [-0.3, -0.25) is 4.90 Å². The first-order chi connectivity index (χ1) is 10.6. The summed E-state index contributed by atoms with van der Waals surface area (Å²) in [5.74, 6) is 0. The van der Waals surface area contributed by atoms with Crippen molar-refractivity contribution in [2.45, 2.75) is 6.92 Å². The Morgan fingerprint density at radius 1 is 1.00 bits per heavy atom. The third-order valence-corrected chi connectivity index (χ3v) is 4.28. The van der Waals surface area contributed by atoms with E-state index in [0.717, 1.165) is 21.4 Å². The van der Waals surface area contributed by atoms with Gasteiger partial charge in [-0.15, -0.1) is 0 Å². The number of anilines is 1. The highest BCUT2D eigenvalue weighted by Crippen LogP contribution is 2.31. The summed E-state index contributed by atoms with van der Waals surface area (Å²) in [4.78, 5) is 16.1. The second kappa shape index (κ2) is 5.97. The molecule has 22 heavy (non-hydrogen) atoms. The number of benzene rings is 2. The molecule has 2 aromatic rings. The van der Waals surface area contributed by atoms with Crippen LogP contribution < -0.4 is 4.90 Å². The van der Waals surface area contributed by atoms with E-state index < -0.39 is 0 Å². The van der Waals surface area contributed by atoms with E-state index in [0.29, 0.717) is 6.54 Å². The predicted octanol–water partition coefficient (Wildman–Crippen LogP) is 4.67. The smallest absolute Gasteiger partial charge is 0.323 e. The van der Waals surface area contributed by atoms with Crippen molar-refractivity contribution in [1.29, 1.82) is 0 Å². The lowest BCUT2D eigenvalue weighted by Gasteiger charge is -2.34. The highest BCUT2D eigenvalue weighted by molar-refractivity contribution is 9.10. The number of hydrogen-bond donors (Lipinski definition) is 0. The predicted molar refractivity (Wildman–Crippen MR) is 93.8 cm³/mol. The lowest BCUT2D eigenvalue weighted by Crippen LogP contribution is -2.44. The number of nitrogens with zero attached hydrogens (tertiary/aromatic N) is 2. The first-order valence-electron chi connectivity index (χ1n) is 7.14. The third-order valence-electron chi connectivity index (χ3n) is 3.75. The maximum Gasteiger partial charge on any atom is 0.329 e. The molecule has 0 atom stereocenters. The number of halogens is 1. The summed E-state index contributed by atoms with van der Waals surface area (Å²) < 4.78 is 0.995. The van der Waals surface area contributed by atoms with Crippen LogP contribution in [0.5, 0.6) is 0 Å². The molecule has 0 aromatic heterocycles. The summed E-state index contributed by atoms with van der Waals surface area (Å²) >= 11 is 3.44. The SMILES string of the molecule is Cc1ccc(C2=CCN(C)C(=O)N2c2ccc(Br)cc2)cc1. The highest BCUT2D eigenvalue weighted by Gasteiger charge is 2.27. The van der Waals surface area contributed by atoms with Crippen molar-refractivity contribution in [3.8, 4) is 0 Å². The molecule has 4 heteroatoms. The van der Waals surface area contributed by atoms with E-state index in [4.69, 9.17) is 0 Å². The number of hydrogen-bond acceptors (Lipinski definition) is 1. The summed E-state index contributed by atoms with van der Waals surface area (Å²) in [6.07, 6.45) is 2.09. The fourth-order valence-electron chi connectivity index (χ4n) is 2.48. The second-order valence-electron chi connectivity index (χ2n) is 5.43. The molecular formula is C18H17BrN2O. The van der Waals surface area contributed by atoms with Gasteiger partial charge in [0.25, 0.3) is 0 Å². The van der Waals surface area contributed by atoms with E-state index in [2.05, 4.69) is 53.2 Å². The van der Waals surface area contributed by atoms with E-state index in [1.165, 1.54) is 5.56 Å². The van der Waals surface area contributed by atoms with Crippen LogP contribution in [-0.2, 0) is 0 Å². The van der Waals surface area contributed by atoms with E-state index >= 15 is 0 Å². The number of carbonyl (C=O) groups excluding carboxylic acids is 1. The van der Waals surface area contributed by atoms with Crippen LogP contribution in [0.2, 0.25) is 0 Å². The largest absolute Gasteiger partial charge is 0.329 e. The minimum absolute atomic E-state index is 0.0135. The monoisotopic (exact) mass is 356 g/mol.